The van der Waals surface area contributed by atoms with Crippen LogP contribution in [0, 0.1) is 0 Å². The molecule has 1 heterocycles. The number of esters is 1. The third kappa shape index (κ3) is 3.72. The zero-order chi connectivity index (χ0) is 13.0. The van der Waals surface area contributed by atoms with Gasteiger partial charge in [0.15, 0.2) is 0 Å². The van der Waals surface area contributed by atoms with Gasteiger partial charge in [0.05, 0.1) is 6.61 Å². The van der Waals surface area contributed by atoms with Crippen LogP contribution in [0.5, 0.6) is 0 Å². The zero-order valence-electron chi connectivity index (χ0n) is 10.9. The summed E-state index contributed by atoms with van der Waals surface area (Å²) in [6.45, 7) is 2.39. The normalized spacial score (nSPS) is 11.9. The van der Waals surface area contributed by atoms with E-state index in [1.165, 1.54) is 0 Å². The van der Waals surface area contributed by atoms with Gasteiger partial charge in [-0.1, -0.05) is 25.1 Å². The van der Waals surface area contributed by atoms with Crippen molar-refractivity contribution in [2.75, 3.05) is 6.61 Å². The average Bonchev–Trinajstić information content (AvgIpc) is 2.79. The minimum Gasteiger partial charge on any atom is -0.465 e. The van der Waals surface area contributed by atoms with Gasteiger partial charge in [0, 0.05) is 23.5 Å². The average molecular weight is 283 g/mol. The number of rotatable bonds is 5. The van der Waals surface area contributed by atoms with Gasteiger partial charge in [-0.2, -0.15) is 0 Å². The minimum atomic E-state index is -0.601. The molecule has 104 valence electrons. The van der Waals surface area contributed by atoms with Gasteiger partial charge >= 0.3 is 5.97 Å². The first-order valence-corrected chi connectivity index (χ1v) is 6.19. The lowest BCUT2D eigenvalue weighted by Crippen LogP contribution is -2.34. The molecule has 0 unspecified atom stereocenters. The highest BCUT2D eigenvalue weighted by Gasteiger charge is 2.17. The van der Waals surface area contributed by atoms with Crippen molar-refractivity contribution < 1.29 is 9.53 Å². The fourth-order valence-electron chi connectivity index (χ4n) is 1.93. The molecule has 2 aromatic rings. The second-order valence-corrected chi connectivity index (χ2v) is 4.34. The van der Waals surface area contributed by atoms with Crippen molar-refractivity contribution >= 4 is 29.3 Å². The number of hydrogen-bond donors (Lipinski definition) is 2. The maximum absolute atomic E-state index is 11.6. The maximum Gasteiger partial charge on any atom is 0.323 e. The lowest BCUT2D eigenvalue weighted by Gasteiger charge is -2.10. The van der Waals surface area contributed by atoms with Gasteiger partial charge < -0.3 is 15.5 Å². The van der Waals surface area contributed by atoms with Crippen LogP contribution in [0.3, 0.4) is 0 Å². The molecule has 4 nitrogen and oxygen atoms in total. The van der Waals surface area contributed by atoms with E-state index in [0.717, 1.165) is 22.9 Å². The van der Waals surface area contributed by atoms with Gasteiger partial charge in [-0.3, -0.25) is 4.79 Å². The fraction of sp³-hybridized carbons (Fsp3) is 0.357. The van der Waals surface area contributed by atoms with Crippen LogP contribution in [0.2, 0.25) is 0 Å². The molecule has 2 rings (SSSR count). The molecule has 19 heavy (non-hydrogen) atoms. The number of hydrogen-bond acceptors (Lipinski definition) is 3. The van der Waals surface area contributed by atoms with Crippen LogP contribution < -0.4 is 5.73 Å². The highest BCUT2D eigenvalue weighted by Crippen LogP contribution is 2.18. The SMILES string of the molecule is CCCOC(=O)[C@H](N)Cc1c[nH]c2ccccc12.Cl. The van der Waals surface area contributed by atoms with Crippen molar-refractivity contribution in [1.82, 2.24) is 4.98 Å². The highest BCUT2D eigenvalue weighted by atomic mass is 35.5. The van der Waals surface area contributed by atoms with E-state index in [-0.39, 0.29) is 18.4 Å². The van der Waals surface area contributed by atoms with Crippen molar-refractivity contribution in [2.45, 2.75) is 25.8 Å². The Morgan fingerprint density at radius 1 is 1.42 bits per heavy atom. The first kappa shape index (κ1) is 15.5. The Kier molecular flexibility index (Phi) is 5.86. The predicted molar refractivity (Wildman–Crippen MR) is 78.5 cm³/mol. The quantitative estimate of drug-likeness (QED) is 0.828. The number of H-pyrrole nitrogens is 1. The van der Waals surface area contributed by atoms with Gasteiger partial charge in [-0.25, -0.2) is 0 Å². The number of para-hydroxylation sites is 1. The number of ether oxygens (including phenoxy) is 1. The molecule has 1 aromatic carbocycles. The van der Waals surface area contributed by atoms with Gasteiger partial charge in [0.2, 0.25) is 0 Å². The lowest BCUT2D eigenvalue weighted by atomic mass is 10.1. The standard InChI is InChI=1S/C14H18N2O2.ClH/c1-2-7-18-14(17)12(15)8-10-9-16-13-6-4-3-5-11(10)13;/h3-6,9,12,16H,2,7-8,15H2,1H3;1H/t12-;/m1./s1. The Bertz CT molecular complexity index is 539. The summed E-state index contributed by atoms with van der Waals surface area (Å²) >= 11 is 0. The Morgan fingerprint density at radius 2 is 2.16 bits per heavy atom. The summed E-state index contributed by atoms with van der Waals surface area (Å²) in [4.78, 5) is 14.8. The summed E-state index contributed by atoms with van der Waals surface area (Å²) < 4.78 is 5.04. The molecule has 1 aromatic heterocycles. The Labute approximate surface area is 118 Å². The van der Waals surface area contributed by atoms with E-state index in [0.29, 0.717) is 13.0 Å². The van der Waals surface area contributed by atoms with Gasteiger partial charge in [-0.15, -0.1) is 12.4 Å². The topological polar surface area (TPSA) is 68.1 Å². The van der Waals surface area contributed by atoms with E-state index in [1.807, 2.05) is 37.4 Å². The van der Waals surface area contributed by atoms with E-state index >= 15 is 0 Å². The Hall–Kier alpha value is -1.52. The molecule has 0 aliphatic carbocycles. The van der Waals surface area contributed by atoms with Crippen LogP contribution in [-0.4, -0.2) is 23.6 Å². The molecule has 0 bridgehead atoms. The van der Waals surface area contributed by atoms with E-state index < -0.39 is 6.04 Å². The molecule has 0 radical (unpaired) electrons. The number of fused-ring (bicyclic) bond motifs is 1. The van der Waals surface area contributed by atoms with Gasteiger partial charge in [0.1, 0.15) is 6.04 Å². The van der Waals surface area contributed by atoms with Crippen LogP contribution >= 0.6 is 12.4 Å². The largest absolute Gasteiger partial charge is 0.465 e. The Morgan fingerprint density at radius 3 is 2.89 bits per heavy atom. The first-order chi connectivity index (χ1) is 8.72. The molecule has 1 atom stereocenters. The number of nitrogens with one attached hydrogen (secondary N) is 1. The summed E-state index contributed by atoms with van der Waals surface area (Å²) in [5.74, 6) is -0.331. The van der Waals surface area contributed by atoms with Gasteiger partial charge in [-0.05, 0) is 18.1 Å². The number of aromatic nitrogens is 1. The first-order valence-electron chi connectivity index (χ1n) is 6.19. The number of nitrogens with two attached hydrogens (primary N) is 1. The second-order valence-electron chi connectivity index (χ2n) is 4.34. The van der Waals surface area contributed by atoms with Crippen LogP contribution in [0.1, 0.15) is 18.9 Å². The van der Waals surface area contributed by atoms with Gasteiger partial charge in [0.25, 0.3) is 0 Å². The molecule has 3 N–H and O–H groups in total. The molecular formula is C14H19ClN2O2. The molecule has 0 aliphatic heterocycles. The molecular weight excluding hydrogens is 264 g/mol. The van der Waals surface area contributed by atoms with E-state index in [1.54, 1.807) is 0 Å². The summed E-state index contributed by atoms with van der Waals surface area (Å²) in [5, 5.41) is 1.11. The number of halogens is 1. The van der Waals surface area contributed by atoms with Crippen LogP contribution in [0.15, 0.2) is 30.5 Å². The van der Waals surface area contributed by atoms with E-state index in [4.69, 9.17) is 10.5 Å². The maximum atomic E-state index is 11.6. The van der Waals surface area contributed by atoms with Crippen molar-refractivity contribution in [3.63, 3.8) is 0 Å². The van der Waals surface area contributed by atoms with Crippen LogP contribution in [0.25, 0.3) is 10.9 Å². The second kappa shape index (κ2) is 7.16. The van der Waals surface area contributed by atoms with Crippen molar-refractivity contribution in [3.8, 4) is 0 Å². The minimum absolute atomic E-state index is 0. The molecule has 0 amide bonds. The molecule has 0 fully saturated rings. The number of carbonyl (C=O) groups excluding carboxylic acids is 1. The van der Waals surface area contributed by atoms with Crippen LogP contribution in [-0.2, 0) is 16.0 Å². The third-order valence-electron chi connectivity index (χ3n) is 2.87. The van der Waals surface area contributed by atoms with Crippen LogP contribution in [0.4, 0.5) is 0 Å². The summed E-state index contributed by atoms with van der Waals surface area (Å²) in [6, 6.07) is 7.36. The van der Waals surface area contributed by atoms with Crippen molar-refractivity contribution in [1.29, 1.82) is 0 Å². The number of aromatic amines is 1. The third-order valence-corrected chi connectivity index (χ3v) is 2.87. The predicted octanol–water partition coefficient (Wildman–Crippen LogP) is 2.41. The monoisotopic (exact) mass is 282 g/mol. The molecule has 0 spiro atoms. The summed E-state index contributed by atoms with van der Waals surface area (Å²) in [5.41, 5.74) is 7.96. The fourth-order valence-corrected chi connectivity index (χ4v) is 1.93. The highest BCUT2D eigenvalue weighted by molar-refractivity contribution is 5.85. The van der Waals surface area contributed by atoms with E-state index in [2.05, 4.69) is 4.98 Å². The number of carbonyl (C=O) groups is 1. The Balaban J connectivity index is 0.00000180. The zero-order valence-corrected chi connectivity index (χ0v) is 11.7. The lowest BCUT2D eigenvalue weighted by molar-refractivity contribution is -0.145. The number of benzene rings is 1. The molecule has 0 saturated carbocycles. The molecule has 0 aliphatic rings. The smallest absolute Gasteiger partial charge is 0.323 e. The van der Waals surface area contributed by atoms with E-state index in [9.17, 15) is 4.79 Å². The summed E-state index contributed by atoms with van der Waals surface area (Å²) in [6.07, 6.45) is 3.20. The summed E-state index contributed by atoms with van der Waals surface area (Å²) in [7, 11) is 0. The van der Waals surface area contributed by atoms with Crippen molar-refractivity contribution in [2.24, 2.45) is 5.73 Å². The van der Waals surface area contributed by atoms with Crippen molar-refractivity contribution in [3.05, 3.63) is 36.0 Å². The molecule has 5 heteroatoms. The molecule has 0 saturated heterocycles.